The van der Waals surface area contributed by atoms with Gasteiger partial charge in [-0.1, -0.05) is 39.2 Å². The summed E-state index contributed by atoms with van der Waals surface area (Å²) in [6.07, 6.45) is 4.70. The van der Waals surface area contributed by atoms with E-state index in [0.717, 1.165) is 25.7 Å². The molecule has 0 aliphatic heterocycles. The highest BCUT2D eigenvalue weighted by Gasteiger charge is 2.32. The van der Waals surface area contributed by atoms with Gasteiger partial charge < -0.3 is 10.2 Å². The van der Waals surface area contributed by atoms with Crippen LogP contribution in [0.15, 0.2) is 18.2 Å². The van der Waals surface area contributed by atoms with Crippen molar-refractivity contribution in [3.63, 3.8) is 0 Å². The van der Waals surface area contributed by atoms with Crippen molar-refractivity contribution in [2.75, 3.05) is 0 Å². The lowest BCUT2D eigenvalue weighted by Gasteiger charge is -2.27. The maximum Gasteiger partial charge on any atom is 0.124 e. The third-order valence-corrected chi connectivity index (χ3v) is 3.85. The summed E-state index contributed by atoms with van der Waals surface area (Å²) >= 11 is 6.58. The van der Waals surface area contributed by atoms with Crippen LogP contribution >= 0.6 is 11.6 Å². The average Bonchev–Trinajstić information content (AvgIpc) is 2.29. The summed E-state index contributed by atoms with van der Waals surface area (Å²) in [4.78, 5) is -0.662. The molecule has 0 saturated carbocycles. The normalized spacial score (nSPS) is 14.5. The maximum absolute atomic E-state index is 9.87. The van der Waals surface area contributed by atoms with E-state index < -0.39 is 4.87 Å². The zero-order chi connectivity index (χ0) is 12.9. The molecule has 0 radical (unpaired) electrons. The summed E-state index contributed by atoms with van der Waals surface area (Å²) in [5.74, 6) is 0.164. The third kappa shape index (κ3) is 3.29. The number of benzene rings is 1. The van der Waals surface area contributed by atoms with Crippen LogP contribution in [-0.4, -0.2) is 10.2 Å². The topological polar surface area (TPSA) is 40.5 Å². The zero-order valence-electron chi connectivity index (χ0n) is 10.5. The molecule has 0 aliphatic rings. The van der Waals surface area contributed by atoms with Gasteiger partial charge in [0.25, 0.3) is 0 Å². The van der Waals surface area contributed by atoms with Crippen molar-refractivity contribution in [1.82, 2.24) is 0 Å². The number of aromatic hydroxyl groups is 2. The third-order valence-electron chi connectivity index (χ3n) is 3.21. The molecule has 0 spiro atoms. The van der Waals surface area contributed by atoms with Gasteiger partial charge in [-0.15, -0.1) is 11.6 Å². The van der Waals surface area contributed by atoms with Crippen molar-refractivity contribution in [2.24, 2.45) is 0 Å². The van der Waals surface area contributed by atoms with Gasteiger partial charge in [0.05, 0.1) is 10.4 Å². The monoisotopic (exact) mass is 256 g/mol. The first-order chi connectivity index (χ1) is 8.05. The molecule has 0 aromatic heterocycles. The van der Waals surface area contributed by atoms with Crippen LogP contribution in [0.4, 0.5) is 0 Å². The van der Waals surface area contributed by atoms with Crippen LogP contribution in [0.25, 0.3) is 0 Å². The molecule has 0 saturated heterocycles. The lowest BCUT2D eigenvalue weighted by Crippen LogP contribution is -2.18. The van der Waals surface area contributed by atoms with E-state index in [1.165, 1.54) is 0 Å². The Balaban J connectivity index is 2.98. The molecule has 1 atom stereocenters. The Morgan fingerprint density at radius 2 is 1.71 bits per heavy atom. The van der Waals surface area contributed by atoms with Crippen molar-refractivity contribution >= 4 is 11.6 Å². The average molecular weight is 257 g/mol. The van der Waals surface area contributed by atoms with Crippen LogP contribution < -0.4 is 0 Å². The largest absolute Gasteiger partial charge is 0.507 e. The van der Waals surface area contributed by atoms with Gasteiger partial charge in [0.2, 0.25) is 0 Å². The molecule has 96 valence electrons. The lowest BCUT2D eigenvalue weighted by atomic mass is 9.88. The molecule has 1 aromatic carbocycles. The standard InChI is InChI=1S/C14H21ClO2/c1-3-5-6-10-14(15,4-2)13-11(16)8-7-9-12(13)17/h7-9,16-17H,3-6,10H2,1-2H3. The van der Waals surface area contributed by atoms with Crippen LogP contribution in [0.2, 0.25) is 0 Å². The Bertz CT molecular complexity index is 345. The second-order valence-corrected chi connectivity index (χ2v) is 5.17. The van der Waals surface area contributed by atoms with Crippen LogP contribution in [0.1, 0.15) is 51.5 Å². The first-order valence-corrected chi connectivity index (χ1v) is 6.63. The predicted molar refractivity (Wildman–Crippen MR) is 71.7 cm³/mol. The summed E-state index contributed by atoms with van der Waals surface area (Å²) in [6, 6.07) is 4.76. The number of hydrogen-bond acceptors (Lipinski definition) is 2. The van der Waals surface area contributed by atoms with Gasteiger partial charge in [0, 0.05) is 0 Å². The quantitative estimate of drug-likeness (QED) is 0.580. The van der Waals surface area contributed by atoms with Gasteiger partial charge in [-0.2, -0.15) is 0 Å². The SMILES string of the molecule is CCCCCC(Cl)(CC)c1c(O)cccc1O. The highest BCUT2D eigenvalue weighted by molar-refractivity contribution is 6.24. The minimum Gasteiger partial charge on any atom is -0.507 e. The van der Waals surface area contributed by atoms with Gasteiger partial charge in [0.1, 0.15) is 11.5 Å². The fourth-order valence-corrected chi connectivity index (χ4v) is 2.45. The molecule has 0 bridgehead atoms. The zero-order valence-corrected chi connectivity index (χ0v) is 11.3. The summed E-state index contributed by atoms with van der Waals surface area (Å²) in [6.45, 7) is 4.12. The van der Waals surface area contributed by atoms with Crippen LogP contribution in [0, 0.1) is 0 Å². The van der Waals surface area contributed by atoms with Gasteiger partial charge in [-0.25, -0.2) is 0 Å². The lowest BCUT2D eigenvalue weighted by molar-refractivity contribution is 0.401. The molecular weight excluding hydrogens is 236 g/mol. The second-order valence-electron chi connectivity index (χ2n) is 4.45. The summed E-state index contributed by atoms with van der Waals surface area (Å²) in [5, 5.41) is 19.7. The maximum atomic E-state index is 9.87. The number of rotatable bonds is 6. The Morgan fingerprint density at radius 3 is 2.18 bits per heavy atom. The van der Waals surface area contributed by atoms with Gasteiger partial charge in [-0.05, 0) is 25.0 Å². The van der Waals surface area contributed by atoms with Crippen molar-refractivity contribution in [1.29, 1.82) is 0 Å². The van der Waals surface area contributed by atoms with E-state index in [9.17, 15) is 10.2 Å². The highest BCUT2D eigenvalue weighted by atomic mass is 35.5. The molecule has 0 heterocycles. The smallest absolute Gasteiger partial charge is 0.124 e. The predicted octanol–water partition coefficient (Wildman–Crippen LogP) is 4.52. The minimum absolute atomic E-state index is 0.0818. The van der Waals surface area contributed by atoms with Gasteiger partial charge in [0.15, 0.2) is 0 Å². The van der Waals surface area contributed by atoms with Gasteiger partial charge in [-0.3, -0.25) is 0 Å². The Morgan fingerprint density at radius 1 is 1.12 bits per heavy atom. The highest BCUT2D eigenvalue weighted by Crippen LogP contribution is 2.46. The Kier molecular flexibility index (Phi) is 5.13. The molecule has 2 N–H and O–H groups in total. The Labute approximate surface area is 108 Å². The van der Waals surface area contributed by atoms with E-state index in [1.807, 2.05) is 6.92 Å². The van der Waals surface area contributed by atoms with Crippen molar-refractivity contribution < 1.29 is 10.2 Å². The first-order valence-electron chi connectivity index (χ1n) is 6.25. The molecule has 2 nitrogen and oxygen atoms in total. The first kappa shape index (κ1) is 14.2. The van der Waals surface area contributed by atoms with Crippen molar-refractivity contribution in [3.8, 4) is 11.5 Å². The number of alkyl halides is 1. The summed E-state index contributed by atoms with van der Waals surface area (Å²) in [7, 11) is 0. The van der Waals surface area contributed by atoms with Crippen molar-refractivity contribution in [2.45, 2.75) is 50.8 Å². The fraction of sp³-hybridized carbons (Fsp3) is 0.571. The molecule has 1 aromatic rings. The van der Waals surface area contributed by atoms with E-state index in [2.05, 4.69) is 6.92 Å². The summed E-state index contributed by atoms with van der Waals surface area (Å²) < 4.78 is 0. The molecule has 1 rings (SSSR count). The molecule has 0 fully saturated rings. The van der Waals surface area contributed by atoms with E-state index in [0.29, 0.717) is 12.0 Å². The molecule has 1 unspecified atom stereocenters. The van der Waals surface area contributed by atoms with E-state index >= 15 is 0 Å². The molecular formula is C14H21ClO2. The minimum atomic E-state index is -0.662. The van der Waals surface area contributed by atoms with Crippen molar-refractivity contribution in [3.05, 3.63) is 23.8 Å². The Hall–Kier alpha value is -0.890. The fourth-order valence-electron chi connectivity index (χ4n) is 2.12. The van der Waals surface area contributed by atoms with E-state index in [4.69, 9.17) is 11.6 Å². The van der Waals surface area contributed by atoms with Crippen LogP contribution in [0.5, 0.6) is 11.5 Å². The van der Waals surface area contributed by atoms with Crippen LogP contribution in [-0.2, 0) is 4.87 Å². The molecule has 0 aliphatic carbocycles. The number of phenols is 2. The molecule has 17 heavy (non-hydrogen) atoms. The van der Waals surface area contributed by atoms with E-state index in [-0.39, 0.29) is 11.5 Å². The number of phenolic OH excluding ortho intramolecular Hbond substituents is 2. The van der Waals surface area contributed by atoms with Gasteiger partial charge >= 0.3 is 0 Å². The molecule has 3 heteroatoms. The summed E-state index contributed by atoms with van der Waals surface area (Å²) in [5.41, 5.74) is 0.472. The number of halogens is 1. The number of hydrogen-bond donors (Lipinski definition) is 2. The molecule has 0 amide bonds. The van der Waals surface area contributed by atoms with Crippen LogP contribution in [0.3, 0.4) is 0 Å². The number of unbranched alkanes of at least 4 members (excludes halogenated alkanes) is 2. The van der Waals surface area contributed by atoms with E-state index in [1.54, 1.807) is 18.2 Å². The second kappa shape index (κ2) is 6.15.